The number of ether oxygens (including phenoxy) is 6. The Morgan fingerprint density at radius 3 is 1.97 bits per heavy atom. The molecule has 71 heavy (non-hydrogen) atoms. The molecule has 1 aliphatic heterocycles. The summed E-state index contributed by atoms with van der Waals surface area (Å²) in [6, 6.07) is 24.5. The Labute approximate surface area is 419 Å². The normalized spacial score (nSPS) is 28.1. The molecule has 2 heterocycles. The minimum atomic E-state index is -2.02. The van der Waals surface area contributed by atoms with Crippen molar-refractivity contribution in [1.29, 1.82) is 0 Å². The Bertz CT molecular complexity index is 2790. The van der Waals surface area contributed by atoms with E-state index < -0.39 is 112 Å². The van der Waals surface area contributed by atoms with Gasteiger partial charge in [0.1, 0.15) is 29.6 Å². The fourth-order valence-corrected chi connectivity index (χ4v) is 11.4. The van der Waals surface area contributed by atoms with Gasteiger partial charge in [-0.25, -0.2) is 19.4 Å². The Kier molecular flexibility index (Phi) is 14.3. The molecule has 18 heteroatoms. The maximum atomic E-state index is 16.3. The van der Waals surface area contributed by atoms with Gasteiger partial charge in [-0.1, -0.05) is 104 Å². The lowest BCUT2D eigenvalue weighted by molar-refractivity contribution is -0.336. The summed E-state index contributed by atoms with van der Waals surface area (Å²) in [6.45, 7) is 8.69. The van der Waals surface area contributed by atoms with Gasteiger partial charge < -0.3 is 38.8 Å². The molecule has 8 rings (SSSR count). The van der Waals surface area contributed by atoms with Gasteiger partial charge >= 0.3 is 29.8 Å². The molecule has 2 unspecified atom stereocenters. The first-order chi connectivity index (χ1) is 33.7. The number of hydrogen-bond acceptors (Lipinski definition) is 15. The monoisotopic (exact) mass is 1010 g/mol. The number of nitrogens with one attached hydrogen (secondary N) is 1. The number of aliphatic hydroxyl groups excluding tert-OH is 1. The van der Waals surface area contributed by atoms with Gasteiger partial charge in [-0.05, 0) is 72.7 Å². The van der Waals surface area contributed by atoms with Gasteiger partial charge in [0.2, 0.25) is 0 Å². The number of benzene rings is 3. The van der Waals surface area contributed by atoms with E-state index in [1.165, 1.54) is 32.0 Å². The van der Waals surface area contributed by atoms with E-state index in [1.54, 1.807) is 99.6 Å². The van der Waals surface area contributed by atoms with Crippen LogP contribution in [-0.2, 0) is 47.6 Å². The van der Waals surface area contributed by atoms with Crippen molar-refractivity contribution in [1.82, 2.24) is 10.3 Å². The second-order valence-electron chi connectivity index (χ2n) is 19.1. The van der Waals surface area contributed by atoms with Crippen molar-refractivity contribution in [3.8, 4) is 0 Å². The number of ketones is 1. The SMILES string of the molecule is CC(=O)O[C@H]1C[C@H]2OC[C@@]2(OC(C)=O)C2[C@H](OC(=O)c3ccccc3)C3C[C@H](OC(=O)[C@H](O)[C@@H](NC(=O)c4ccccc4)c4ccccc4)C(C)=C([C@@H](OC(=O)c4cnc(Cl)c(Cl)c4)C(=O)[C@@]21C)C3(C)C. The molecule has 3 aromatic carbocycles. The minimum Gasteiger partial charge on any atom is -0.461 e. The second kappa shape index (κ2) is 20.0. The number of fused-ring (bicyclic) bond motifs is 5. The third-order valence-corrected chi connectivity index (χ3v) is 15.2. The van der Waals surface area contributed by atoms with Gasteiger partial charge in [0.15, 0.2) is 23.6 Å². The van der Waals surface area contributed by atoms with E-state index >= 15 is 4.79 Å². The van der Waals surface area contributed by atoms with Crippen LogP contribution in [0, 0.1) is 22.7 Å². The molecule has 1 amide bonds. The first-order valence-corrected chi connectivity index (χ1v) is 23.8. The van der Waals surface area contributed by atoms with Crippen LogP contribution < -0.4 is 5.32 Å². The molecule has 2 N–H and O–H groups in total. The van der Waals surface area contributed by atoms with Crippen LogP contribution in [0.5, 0.6) is 0 Å². The molecule has 0 radical (unpaired) electrons. The minimum absolute atomic E-state index is 0.0884. The molecule has 11 atom stereocenters. The Balaban J connectivity index is 1.31. The van der Waals surface area contributed by atoms with Crippen LogP contribution in [-0.4, -0.2) is 100 Å². The topological polar surface area (TPSA) is 220 Å². The molecule has 3 aliphatic carbocycles. The number of aromatic nitrogens is 1. The number of carbonyl (C=O) groups is 7. The zero-order valence-corrected chi connectivity index (χ0v) is 41.1. The molecular formula is C53H52Cl2N2O14. The van der Waals surface area contributed by atoms with Crippen LogP contribution in [0.4, 0.5) is 0 Å². The number of carbonyl (C=O) groups excluding carboxylic acids is 7. The number of halogens is 2. The molecule has 372 valence electrons. The third-order valence-electron chi connectivity index (χ3n) is 14.5. The number of aliphatic hydroxyl groups is 1. The number of nitrogens with zero attached hydrogens (tertiary/aromatic N) is 1. The van der Waals surface area contributed by atoms with Crippen LogP contribution in [0.25, 0.3) is 0 Å². The second-order valence-corrected chi connectivity index (χ2v) is 19.8. The van der Waals surface area contributed by atoms with Crippen LogP contribution in [0.2, 0.25) is 10.2 Å². The summed E-state index contributed by atoms with van der Waals surface area (Å²) < 4.78 is 37.6. The zero-order chi connectivity index (χ0) is 51.2. The molecule has 4 aromatic rings. The van der Waals surface area contributed by atoms with Crippen molar-refractivity contribution in [3.05, 3.63) is 147 Å². The van der Waals surface area contributed by atoms with Crippen LogP contribution in [0.15, 0.2) is 114 Å². The highest BCUT2D eigenvalue weighted by molar-refractivity contribution is 6.41. The lowest BCUT2D eigenvalue weighted by Crippen LogP contribution is -2.79. The average Bonchev–Trinajstić information content (AvgIpc) is 3.34. The van der Waals surface area contributed by atoms with Gasteiger partial charge in [0.25, 0.3) is 5.91 Å². The average molecular weight is 1010 g/mol. The Hall–Kier alpha value is -6.46. The largest absolute Gasteiger partial charge is 0.461 e. The maximum Gasteiger partial charge on any atom is 0.340 e. The fourth-order valence-electron chi connectivity index (χ4n) is 11.2. The predicted octanol–water partition coefficient (Wildman–Crippen LogP) is 7.19. The highest BCUT2D eigenvalue weighted by atomic mass is 35.5. The van der Waals surface area contributed by atoms with Gasteiger partial charge in [-0.2, -0.15) is 0 Å². The number of rotatable bonds is 12. The highest BCUT2D eigenvalue weighted by Crippen LogP contribution is 2.64. The Morgan fingerprint density at radius 2 is 1.39 bits per heavy atom. The summed E-state index contributed by atoms with van der Waals surface area (Å²) in [6.07, 6.45) is -8.19. The van der Waals surface area contributed by atoms with E-state index in [1.807, 2.05) is 0 Å². The van der Waals surface area contributed by atoms with Gasteiger partial charge in [-0.15, -0.1) is 0 Å². The standard InChI is InChI=1S/C53H52Cl2N2O14/c1-27-36(68-50(65)41(60)40(30-16-10-7-11-17-30)57-47(62)31-18-12-8-13-19-31)23-34-42(69-48(63)32-20-14-9-15-21-32)44-52(6,37(67-28(2)58)24-38-53(44,26-66-38)71-29(3)59)45(61)43(39(27)51(34,4)5)70-49(64)33-22-35(54)46(55)56-25-33/h7-22,25,34,36-38,40-44,60H,23-24,26H2,1-6H3,(H,57,62)/t34?,36-,37-,38+,40-,41+,42+,43+,44?,52+,53-/m0/s1. The highest BCUT2D eigenvalue weighted by Gasteiger charge is 2.76. The zero-order valence-electron chi connectivity index (χ0n) is 39.6. The van der Waals surface area contributed by atoms with Gasteiger partial charge in [0, 0.05) is 37.9 Å². The lowest BCUT2D eigenvalue weighted by atomic mass is 9.46. The van der Waals surface area contributed by atoms with Gasteiger partial charge in [0.05, 0.1) is 40.1 Å². The van der Waals surface area contributed by atoms with Crippen LogP contribution in [0.3, 0.4) is 0 Å². The van der Waals surface area contributed by atoms with Crippen LogP contribution >= 0.6 is 23.2 Å². The number of Topliss-reactive ketones (excluding diaryl/α,β-unsaturated/α-hetero) is 1. The number of pyridine rings is 1. The van der Waals surface area contributed by atoms with E-state index in [4.69, 9.17) is 51.6 Å². The van der Waals surface area contributed by atoms with Crippen molar-refractivity contribution in [2.75, 3.05) is 6.61 Å². The molecular weight excluding hydrogens is 959 g/mol. The van der Waals surface area contributed by atoms with E-state index in [2.05, 4.69) is 10.3 Å². The van der Waals surface area contributed by atoms with Crippen molar-refractivity contribution >= 4 is 64.7 Å². The summed E-state index contributed by atoms with van der Waals surface area (Å²) in [5, 5.41) is 14.6. The van der Waals surface area contributed by atoms with Crippen LogP contribution in [0.1, 0.15) is 97.1 Å². The van der Waals surface area contributed by atoms with Crippen molar-refractivity contribution in [2.24, 2.45) is 22.7 Å². The molecule has 2 bridgehead atoms. The first kappa shape index (κ1) is 50.9. The van der Waals surface area contributed by atoms with Gasteiger partial charge in [-0.3, -0.25) is 19.2 Å². The van der Waals surface area contributed by atoms with E-state index in [9.17, 15) is 33.9 Å². The van der Waals surface area contributed by atoms with E-state index in [0.29, 0.717) is 5.56 Å². The molecule has 1 saturated heterocycles. The van der Waals surface area contributed by atoms with Crippen molar-refractivity contribution in [3.63, 3.8) is 0 Å². The summed E-state index contributed by atoms with van der Waals surface area (Å²) in [4.78, 5) is 104. The fraction of sp³-hybridized carbons (Fsp3) is 0.396. The number of amides is 1. The predicted molar refractivity (Wildman–Crippen MR) is 254 cm³/mol. The Morgan fingerprint density at radius 1 is 0.789 bits per heavy atom. The lowest BCUT2D eigenvalue weighted by Gasteiger charge is -2.66. The third kappa shape index (κ3) is 9.45. The molecule has 2 saturated carbocycles. The number of esters is 5. The molecule has 16 nitrogen and oxygen atoms in total. The summed E-state index contributed by atoms with van der Waals surface area (Å²) >= 11 is 12.4. The van der Waals surface area contributed by atoms with Crippen molar-refractivity contribution < 1.29 is 67.1 Å². The summed E-state index contributed by atoms with van der Waals surface area (Å²) in [5.41, 5.74) is -4.06. The maximum absolute atomic E-state index is 16.3. The molecule has 1 aromatic heterocycles. The van der Waals surface area contributed by atoms with E-state index in [0.717, 1.165) is 13.1 Å². The van der Waals surface area contributed by atoms with Crippen molar-refractivity contribution in [2.45, 2.75) is 103 Å². The van der Waals surface area contributed by atoms with E-state index in [-0.39, 0.29) is 57.5 Å². The molecule has 0 spiro atoms. The summed E-state index contributed by atoms with van der Waals surface area (Å²) in [5.74, 6) is -8.42. The number of hydrogen-bond donors (Lipinski definition) is 2. The molecule has 3 fully saturated rings. The summed E-state index contributed by atoms with van der Waals surface area (Å²) in [7, 11) is 0. The smallest absolute Gasteiger partial charge is 0.340 e. The quantitative estimate of drug-likeness (QED) is 0.0621. The first-order valence-electron chi connectivity index (χ1n) is 23.0. The molecule has 4 aliphatic rings.